The molecule has 3 rings (SSSR count). The molecule has 0 fully saturated rings. The van der Waals surface area contributed by atoms with Gasteiger partial charge in [-0.3, -0.25) is 9.59 Å². The molecule has 0 spiro atoms. The first-order chi connectivity index (χ1) is 16.2. The molecule has 1 aromatic heterocycles. The zero-order chi connectivity index (χ0) is 24.7. The molecule has 0 aliphatic rings. The Morgan fingerprint density at radius 2 is 1.85 bits per heavy atom. The molecule has 2 aromatic carbocycles. The van der Waals surface area contributed by atoms with E-state index in [4.69, 9.17) is 0 Å². The Morgan fingerprint density at radius 1 is 1.09 bits per heavy atom. The van der Waals surface area contributed by atoms with Gasteiger partial charge < -0.3 is 15.2 Å². The molecule has 0 bridgehead atoms. The SMILES string of the molecule is CCn1c(CCNC(=O)c2ccccc2F)nnc1SCC(=O)Nc1cccc(C(F)(F)F)c1. The second kappa shape index (κ2) is 11.1. The van der Waals surface area contributed by atoms with Crippen LogP contribution < -0.4 is 10.6 Å². The summed E-state index contributed by atoms with van der Waals surface area (Å²) in [7, 11) is 0. The molecule has 2 N–H and O–H groups in total. The molecule has 12 heteroatoms. The number of amides is 2. The van der Waals surface area contributed by atoms with Crippen LogP contribution in [-0.4, -0.2) is 38.9 Å². The highest BCUT2D eigenvalue weighted by molar-refractivity contribution is 7.99. The predicted molar refractivity (Wildman–Crippen MR) is 119 cm³/mol. The van der Waals surface area contributed by atoms with E-state index in [2.05, 4.69) is 20.8 Å². The van der Waals surface area contributed by atoms with E-state index in [1.54, 1.807) is 10.6 Å². The molecular formula is C22H21F4N5O2S. The Bertz CT molecular complexity index is 1170. The van der Waals surface area contributed by atoms with Crippen molar-refractivity contribution in [3.8, 4) is 0 Å². The maximum Gasteiger partial charge on any atom is 0.416 e. The largest absolute Gasteiger partial charge is 0.416 e. The summed E-state index contributed by atoms with van der Waals surface area (Å²) in [5.74, 6) is -1.16. The maximum absolute atomic E-state index is 13.7. The first-order valence-electron chi connectivity index (χ1n) is 10.2. The molecular weight excluding hydrogens is 474 g/mol. The Kier molecular flexibility index (Phi) is 8.26. The maximum atomic E-state index is 13.7. The number of carbonyl (C=O) groups is 2. The van der Waals surface area contributed by atoms with Crippen LogP contribution in [0.5, 0.6) is 0 Å². The lowest BCUT2D eigenvalue weighted by Gasteiger charge is -2.10. The number of carbonyl (C=O) groups excluding carboxylic acids is 2. The Morgan fingerprint density at radius 3 is 2.56 bits per heavy atom. The third-order valence-electron chi connectivity index (χ3n) is 4.67. The third kappa shape index (κ3) is 6.56. The molecule has 0 saturated carbocycles. The zero-order valence-electron chi connectivity index (χ0n) is 18.0. The summed E-state index contributed by atoms with van der Waals surface area (Å²) < 4.78 is 53.9. The van der Waals surface area contributed by atoms with E-state index in [1.165, 1.54) is 30.3 Å². The molecule has 3 aromatic rings. The highest BCUT2D eigenvalue weighted by Crippen LogP contribution is 2.30. The van der Waals surface area contributed by atoms with Gasteiger partial charge >= 0.3 is 6.18 Å². The van der Waals surface area contributed by atoms with Crippen molar-refractivity contribution in [3.63, 3.8) is 0 Å². The first kappa shape index (κ1) is 25.2. The van der Waals surface area contributed by atoms with Crippen LogP contribution in [0.15, 0.2) is 53.7 Å². The van der Waals surface area contributed by atoms with Gasteiger partial charge in [-0.2, -0.15) is 13.2 Å². The molecule has 2 amide bonds. The van der Waals surface area contributed by atoms with E-state index in [0.29, 0.717) is 23.9 Å². The van der Waals surface area contributed by atoms with Gasteiger partial charge in [0.1, 0.15) is 11.6 Å². The molecule has 1 heterocycles. The van der Waals surface area contributed by atoms with E-state index >= 15 is 0 Å². The lowest BCUT2D eigenvalue weighted by molar-refractivity contribution is -0.137. The summed E-state index contributed by atoms with van der Waals surface area (Å²) in [5.41, 5.74) is -0.860. The van der Waals surface area contributed by atoms with Crippen molar-refractivity contribution in [2.45, 2.75) is 31.2 Å². The summed E-state index contributed by atoms with van der Waals surface area (Å²) in [5, 5.41) is 13.7. The van der Waals surface area contributed by atoms with Crippen molar-refractivity contribution in [1.82, 2.24) is 20.1 Å². The molecule has 34 heavy (non-hydrogen) atoms. The van der Waals surface area contributed by atoms with Crippen LogP contribution in [0.4, 0.5) is 23.2 Å². The number of anilines is 1. The van der Waals surface area contributed by atoms with Crippen LogP contribution >= 0.6 is 11.8 Å². The quantitative estimate of drug-likeness (QED) is 0.344. The standard InChI is InChI=1S/C22H21F4N5O2S/c1-2-31-18(10-11-27-20(33)16-8-3-4-9-17(16)23)29-30-21(31)34-13-19(32)28-15-7-5-6-14(12-15)22(24,25)26/h3-9,12H,2,10-11,13H2,1H3,(H,27,33)(H,28,32). The summed E-state index contributed by atoms with van der Waals surface area (Å²) >= 11 is 1.09. The van der Waals surface area contributed by atoms with E-state index in [9.17, 15) is 27.2 Å². The highest BCUT2D eigenvalue weighted by atomic mass is 32.2. The van der Waals surface area contributed by atoms with Crippen molar-refractivity contribution in [2.75, 3.05) is 17.6 Å². The first-order valence-corrected chi connectivity index (χ1v) is 11.2. The minimum absolute atomic E-state index is 0.0451. The van der Waals surface area contributed by atoms with E-state index < -0.39 is 29.4 Å². The van der Waals surface area contributed by atoms with Gasteiger partial charge in [0, 0.05) is 25.2 Å². The smallest absolute Gasteiger partial charge is 0.351 e. The topological polar surface area (TPSA) is 88.9 Å². The fourth-order valence-corrected chi connectivity index (χ4v) is 3.88. The Balaban J connectivity index is 1.53. The number of benzene rings is 2. The van der Waals surface area contributed by atoms with Crippen LogP contribution in [0.25, 0.3) is 0 Å². The molecule has 180 valence electrons. The van der Waals surface area contributed by atoms with Crippen LogP contribution in [-0.2, 0) is 23.9 Å². The second-order valence-electron chi connectivity index (χ2n) is 7.04. The summed E-state index contributed by atoms with van der Waals surface area (Å²) in [6, 6.07) is 10.0. The molecule has 0 aliphatic heterocycles. The van der Waals surface area contributed by atoms with Crippen molar-refractivity contribution in [3.05, 3.63) is 71.3 Å². The molecule has 0 aliphatic carbocycles. The fraction of sp³-hybridized carbons (Fsp3) is 0.273. The number of aromatic nitrogens is 3. The summed E-state index contributed by atoms with van der Waals surface area (Å²) in [6.45, 7) is 2.56. The van der Waals surface area contributed by atoms with Crippen molar-refractivity contribution in [2.24, 2.45) is 0 Å². The number of hydrogen-bond donors (Lipinski definition) is 2. The van der Waals surface area contributed by atoms with Crippen LogP contribution in [0.3, 0.4) is 0 Å². The number of hydrogen-bond acceptors (Lipinski definition) is 5. The third-order valence-corrected chi connectivity index (χ3v) is 5.64. The predicted octanol–water partition coefficient (Wildman–Crippen LogP) is 4.16. The van der Waals surface area contributed by atoms with Gasteiger partial charge in [0.15, 0.2) is 5.16 Å². The molecule has 0 unspecified atom stereocenters. The van der Waals surface area contributed by atoms with Gasteiger partial charge in [-0.15, -0.1) is 10.2 Å². The minimum Gasteiger partial charge on any atom is -0.351 e. The van der Waals surface area contributed by atoms with Gasteiger partial charge in [-0.25, -0.2) is 4.39 Å². The van der Waals surface area contributed by atoms with Gasteiger partial charge in [-0.1, -0.05) is 30.0 Å². The van der Waals surface area contributed by atoms with Crippen LogP contribution in [0.2, 0.25) is 0 Å². The average molecular weight is 496 g/mol. The number of nitrogens with one attached hydrogen (secondary N) is 2. The van der Waals surface area contributed by atoms with Gasteiger partial charge in [0.05, 0.1) is 16.9 Å². The normalized spacial score (nSPS) is 11.3. The highest BCUT2D eigenvalue weighted by Gasteiger charge is 2.30. The Hall–Kier alpha value is -3.41. The van der Waals surface area contributed by atoms with E-state index in [0.717, 1.165) is 23.9 Å². The molecule has 0 atom stereocenters. The second-order valence-corrected chi connectivity index (χ2v) is 7.99. The minimum atomic E-state index is -4.50. The summed E-state index contributed by atoms with van der Waals surface area (Å²) in [6.07, 6.45) is -4.17. The Labute approximate surface area is 197 Å². The van der Waals surface area contributed by atoms with Crippen LogP contribution in [0.1, 0.15) is 28.7 Å². The summed E-state index contributed by atoms with van der Waals surface area (Å²) in [4.78, 5) is 24.3. The lowest BCUT2D eigenvalue weighted by atomic mass is 10.2. The van der Waals surface area contributed by atoms with Gasteiger partial charge in [-0.05, 0) is 37.3 Å². The molecule has 0 saturated heterocycles. The van der Waals surface area contributed by atoms with Crippen molar-refractivity contribution in [1.29, 1.82) is 0 Å². The van der Waals surface area contributed by atoms with E-state index in [1.807, 2.05) is 6.92 Å². The number of alkyl halides is 3. The van der Waals surface area contributed by atoms with Crippen molar-refractivity contribution < 1.29 is 27.2 Å². The number of halogens is 4. The monoisotopic (exact) mass is 495 g/mol. The number of rotatable bonds is 9. The number of nitrogens with zero attached hydrogens (tertiary/aromatic N) is 3. The van der Waals surface area contributed by atoms with Crippen molar-refractivity contribution >= 4 is 29.3 Å². The van der Waals surface area contributed by atoms with Gasteiger partial charge in [0.25, 0.3) is 5.91 Å². The zero-order valence-corrected chi connectivity index (χ0v) is 18.8. The molecule has 0 radical (unpaired) electrons. The van der Waals surface area contributed by atoms with Gasteiger partial charge in [0.2, 0.25) is 5.91 Å². The average Bonchev–Trinajstić information content (AvgIpc) is 3.19. The number of thioether (sulfide) groups is 1. The van der Waals surface area contributed by atoms with Crippen LogP contribution in [0, 0.1) is 5.82 Å². The fourth-order valence-electron chi connectivity index (χ4n) is 3.06. The lowest BCUT2D eigenvalue weighted by Crippen LogP contribution is -2.27. The van der Waals surface area contributed by atoms with E-state index in [-0.39, 0.29) is 23.5 Å². The molecule has 7 nitrogen and oxygen atoms in total.